The minimum Gasteiger partial charge on any atom is -0.0616 e. The Balaban J connectivity index is 2.05. The Morgan fingerprint density at radius 1 is 0.500 bits per heavy atom. The SMILES string of the molecule is [c]1ccccc1-c1[c]c(-c2[c]cccc2)ccc1. The van der Waals surface area contributed by atoms with Crippen molar-refractivity contribution in [2.45, 2.75) is 0 Å². The fourth-order valence-corrected chi connectivity index (χ4v) is 1.90. The molecule has 0 heterocycles. The van der Waals surface area contributed by atoms with Crippen LogP contribution in [0, 0.1) is 18.2 Å². The van der Waals surface area contributed by atoms with E-state index in [-0.39, 0.29) is 0 Å². The molecule has 0 aliphatic rings. The van der Waals surface area contributed by atoms with Gasteiger partial charge >= 0.3 is 0 Å². The fraction of sp³-hybridized carbons (Fsp3) is 0. The van der Waals surface area contributed by atoms with Crippen LogP contribution in [0.25, 0.3) is 22.3 Å². The minimum atomic E-state index is 1.06. The quantitative estimate of drug-likeness (QED) is 0.608. The van der Waals surface area contributed by atoms with E-state index in [2.05, 4.69) is 30.3 Å². The van der Waals surface area contributed by atoms with Crippen LogP contribution in [0.1, 0.15) is 0 Å². The maximum atomic E-state index is 3.41. The van der Waals surface area contributed by atoms with Gasteiger partial charge in [0.1, 0.15) is 0 Å². The molecule has 3 aromatic rings. The second-order valence-electron chi connectivity index (χ2n) is 4.03. The molecule has 0 atom stereocenters. The van der Waals surface area contributed by atoms with Crippen LogP contribution in [0.2, 0.25) is 0 Å². The normalized spacial score (nSPS) is 10.2. The molecule has 0 unspecified atom stereocenters. The smallest absolute Gasteiger partial charge is 0.00139 e. The first kappa shape index (κ1) is 10.8. The summed E-state index contributed by atoms with van der Waals surface area (Å²) >= 11 is 0. The Hall–Kier alpha value is -2.34. The van der Waals surface area contributed by atoms with Gasteiger partial charge in [-0.2, -0.15) is 0 Å². The summed E-state index contributed by atoms with van der Waals surface area (Å²) in [6.45, 7) is 0. The number of hydrogen-bond donors (Lipinski definition) is 0. The molecule has 0 saturated heterocycles. The predicted molar refractivity (Wildman–Crippen MR) is 73.8 cm³/mol. The predicted octanol–water partition coefficient (Wildman–Crippen LogP) is 4.42. The van der Waals surface area contributed by atoms with Crippen LogP contribution in [-0.4, -0.2) is 0 Å². The second-order valence-corrected chi connectivity index (χ2v) is 4.03. The summed E-state index contributed by atoms with van der Waals surface area (Å²) in [5, 5.41) is 0. The van der Waals surface area contributed by atoms with E-state index in [1.165, 1.54) is 0 Å². The molecule has 0 aliphatic carbocycles. The molecule has 0 aromatic heterocycles. The van der Waals surface area contributed by atoms with Gasteiger partial charge in [0, 0.05) is 0 Å². The van der Waals surface area contributed by atoms with Gasteiger partial charge in [0.05, 0.1) is 0 Å². The number of hydrogen-bond acceptors (Lipinski definition) is 0. The van der Waals surface area contributed by atoms with Crippen LogP contribution in [0.15, 0.2) is 66.7 Å². The van der Waals surface area contributed by atoms with Gasteiger partial charge in [0.25, 0.3) is 0 Å². The monoisotopic (exact) mass is 227 g/mol. The summed E-state index contributed by atoms with van der Waals surface area (Å²) < 4.78 is 0. The Bertz CT molecular complexity index is 570. The van der Waals surface area contributed by atoms with E-state index in [9.17, 15) is 0 Å². The first-order chi connectivity index (χ1) is 8.93. The standard InChI is InChI=1S/C18H11/c1-3-8-15(9-4-1)17-12-7-13-18(14-17)16-10-5-2-6-11-16/h1-8,10,12-13H. The van der Waals surface area contributed by atoms with Crippen LogP contribution in [-0.2, 0) is 0 Å². The van der Waals surface area contributed by atoms with Gasteiger partial charge in [-0.25, -0.2) is 0 Å². The van der Waals surface area contributed by atoms with Crippen LogP contribution >= 0.6 is 0 Å². The molecule has 0 bridgehead atoms. The van der Waals surface area contributed by atoms with Crippen molar-refractivity contribution in [1.29, 1.82) is 0 Å². The van der Waals surface area contributed by atoms with Crippen molar-refractivity contribution in [1.82, 2.24) is 0 Å². The van der Waals surface area contributed by atoms with Crippen LogP contribution in [0.3, 0.4) is 0 Å². The highest BCUT2D eigenvalue weighted by Crippen LogP contribution is 2.24. The molecule has 0 nitrogen and oxygen atoms in total. The molecule has 0 N–H and O–H groups in total. The van der Waals surface area contributed by atoms with Gasteiger partial charge in [-0.3, -0.25) is 0 Å². The first-order valence-corrected chi connectivity index (χ1v) is 5.90. The highest BCUT2D eigenvalue weighted by molar-refractivity contribution is 5.71. The average molecular weight is 227 g/mol. The van der Waals surface area contributed by atoms with E-state index >= 15 is 0 Å². The lowest BCUT2D eigenvalue weighted by molar-refractivity contribution is 1.57. The van der Waals surface area contributed by atoms with Crippen LogP contribution < -0.4 is 0 Å². The molecule has 0 amide bonds. The van der Waals surface area contributed by atoms with E-state index in [1.807, 2.05) is 54.6 Å². The fourth-order valence-electron chi connectivity index (χ4n) is 1.90. The molecule has 0 heteroatoms. The van der Waals surface area contributed by atoms with Crippen LogP contribution in [0.4, 0.5) is 0 Å². The van der Waals surface area contributed by atoms with Crippen molar-refractivity contribution < 1.29 is 0 Å². The van der Waals surface area contributed by atoms with Gasteiger partial charge in [0.15, 0.2) is 0 Å². The van der Waals surface area contributed by atoms with E-state index in [0.717, 1.165) is 22.3 Å². The third-order valence-electron chi connectivity index (χ3n) is 2.79. The zero-order valence-electron chi connectivity index (χ0n) is 9.85. The van der Waals surface area contributed by atoms with Crippen molar-refractivity contribution in [3.63, 3.8) is 0 Å². The molecular formula is C18H11. The van der Waals surface area contributed by atoms with Gasteiger partial charge in [-0.05, 0) is 40.5 Å². The molecule has 3 rings (SSSR count). The molecule has 0 spiro atoms. The topological polar surface area (TPSA) is 0 Å². The summed E-state index contributed by atoms with van der Waals surface area (Å²) in [5.74, 6) is 0. The van der Waals surface area contributed by atoms with Gasteiger partial charge in [-0.1, -0.05) is 66.7 Å². The zero-order valence-corrected chi connectivity index (χ0v) is 9.85. The summed E-state index contributed by atoms with van der Waals surface area (Å²) in [7, 11) is 0. The zero-order chi connectivity index (χ0) is 12.2. The van der Waals surface area contributed by atoms with Crippen molar-refractivity contribution in [3.8, 4) is 22.3 Å². The van der Waals surface area contributed by atoms with Gasteiger partial charge < -0.3 is 0 Å². The summed E-state index contributed by atoms with van der Waals surface area (Å²) in [6, 6.07) is 31.9. The number of rotatable bonds is 2. The van der Waals surface area contributed by atoms with Gasteiger partial charge in [-0.15, -0.1) is 0 Å². The van der Waals surface area contributed by atoms with Gasteiger partial charge in [0.2, 0.25) is 0 Å². The molecule has 83 valence electrons. The average Bonchev–Trinajstić information content (AvgIpc) is 2.49. The third kappa shape index (κ3) is 2.18. The lowest BCUT2D eigenvalue weighted by Crippen LogP contribution is -1.81. The molecule has 0 saturated carbocycles. The van der Waals surface area contributed by atoms with Crippen molar-refractivity contribution in [3.05, 3.63) is 84.9 Å². The second kappa shape index (κ2) is 4.89. The van der Waals surface area contributed by atoms with E-state index in [4.69, 9.17) is 0 Å². The molecule has 3 radical (unpaired) electrons. The Kier molecular flexibility index (Phi) is 2.93. The molecule has 0 fully saturated rings. The van der Waals surface area contributed by atoms with Crippen LogP contribution in [0.5, 0.6) is 0 Å². The third-order valence-corrected chi connectivity index (χ3v) is 2.79. The van der Waals surface area contributed by atoms with Crippen molar-refractivity contribution in [2.24, 2.45) is 0 Å². The Morgan fingerprint density at radius 2 is 1.00 bits per heavy atom. The maximum absolute atomic E-state index is 3.41. The highest BCUT2D eigenvalue weighted by Gasteiger charge is 2.01. The van der Waals surface area contributed by atoms with Crippen molar-refractivity contribution in [2.75, 3.05) is 0 Å². The minimum absolute atomic E-state index is 1.06. The highest BCUT2D eigenvalue weighted by atomic mass is 14.0. The lowest BCUT2D eigenvalue weighted by Gasteiger charge is -2.04. The lowest BCUT2D eigenvalue weighted by atomic mass is 9.99. The Labute approximate surface area is 108 Å². The van der Waals surface area contributed by atoms with Crippen molar-refractivity contribution >= 4 is 0 Å². The maximum Gasteiger partial charge on any atom is -0.00139 e. The molecule has 0 aliphatic heterocycles. The van der Waals surface area contributed by atoms with E-state index in [1.54, 1.807) is 0 Å². The molecule has 3 aromatic carbocycles. The first-order valence-electron chi connectivity index (χ1n) is 5.90. The van der Waals surface area contributed by atoms with E-state index < -0.39 is 0 Å². The largest absolute Gasteiger partial charge is 0.0616 e. The number of benzene rings is 3. The Morgan fingerprint density at radius 3 is 1.44 bits per heavy atom. The summed E-state index contributed by atoms with van der Waals surface area (Å²) in [6.07, 6.45) is 0. The van der Waals surface area contributed by atoms with E-state index in [0.29, 0.717) is 0 Å². The molecular weight excluding hydrogens is 216 g/mol. The molecule has 18 heavy (non-hydrogen) atoms. The summed E-state index contributed by atoms with van der Waals surface area (Å²) in [5.41, 5.74) is 4.25. The summed E-state index contributed by atoms with van der Waals surface area (Å²) in [4.78, 5) is 0.